The Labute approximate surface area is 166 Å². The van der Waals surface area contributed by atoms with E-state index < -0.39 is 23.7 Å². The summed E-state index contributed by atoms with van der Waals surface area (Å²) in [7, 11) is 3.11. The number of hydrogen-bond acceptors (Lipinski definition) is 4. The van der Waals surface area contributed by atoms with Crippen molar-refractivity contribution in [2.45, 2.75) is 19.1 Å². The molecule has 9 heteroatoms. The van der Waals surface area contributed by atoms with Crippen LogP contribution in [0.2, 0.25) is 0 Å². The first-order chi connectivity index (χ1) is 13.6. The Balaban J connectivity index is 1.92. The number of carbonyl (C=O) groups excluding carboxylic acids is 2. The number of likely N-dealkylation sites (N-methyl/N-ethyl adjacent to an activating group) is 1. The van der Waals surface area contributed by atoms with Crippen molar-refractivity contribution in [3.63, 3.8) is 0 Å². The van der Waals surface area contributed by atoms with E-state index in [4.69, 9.17) is 4.74 Å². The van der Waals surface area contributed by atoms with Gasteiger partial charge in [0.15, 0.2) is 0 Å². The second-order valence-corrected chi connectivity index (χ2v) is 6.44. The number of anilines is 2. The molecule has 29 heavy (non-hydrogen) atoms. The Morgan fingerprint density at radius 3 is 2.31 bits per heavy atom. The minimum atomic E-state index is -4.50. The number of nitrogens with zero attached hydrogens (tertiary/aromatic N) is 1. The van der Waals surface area contributed by atoms with E-state index in [9.17, 15) is 22.8 Å². The lowest BCUT2D eigenvalue weighted by molar-refractivity contribution is -0.137. The van der Waals surface area contributed by atoms with Crippen LogP contribution in [0.3, 0.4) is 0 Å². The normalized spacial score (nSPS) is 12.4. The first-order valence-electron chi connectivity index (χ1n) is 8.72. The molecule has 0 spiro atoms. The molecule has 156 valence electrons. The highest BCUT2D eigenvalue weighted by Gasteiger charge is 2.30. The molecule has 0 saturated heterocycles. The highest BCUT2D eigenvalue weighted by molar-refractivity contribution is 5.96. The van der Waals surface area contributed by atoms with Crippen molar-refractivity contribution in [2.75, 3.05) is 31.3 Å². The van der Waals surface area contributed by atoms with E-state index in [-0.39, 0.29) is 18.1 Å². The van der Waals surface area contributed by atoms with Crippen LogP contribution < -0.4 is 15.4 Å². The van der Waals surface area contributed by atoms with Gasteiger partial charge in [-0.05, 0) is 56.4 Å². The van der Waals surface area contributed by atoms with Crippen LogP contribution in [0, 0.1) is 0 Å². The maximum atomic E-state index is 12.8. The number of benzene rings is 2. The largest absolute Gasteiger partial charge is 0.497 e. The van der Waals surface area contributed by atoms with Crippen molar-refractivity contribution in [3.8, 4) is 5.75 Å². The van der Waals surface area contributed by atoms with Gasteiger partial charge in [-0.25, -0.2) is 0 Å². The van der Waals surface area contributed by atoms with Gasteiger partial charge in [0.25, 0.3) is 0 Å². The molecule has 2 aromatic rings. The Kier molecular flexibility index (Phi) is 7.22. The van der Waals surface area contributed by atoms with Gasteiger partial charge in [0.05, 0.1) is 25.3 Å². The van der Waals surface area contributed by atoms with Crippen molar-refractivity contribution >= 4 is 23.2 Å². The monoisotopic (exact) mass is 409 g/mol. The Morgan fingerprint density at radius 1 is 1.07 bits per heavy atom. The third-order valence-corrected chi connectivity index (χ3v) is 4.26. The Hall–Kier alpha value is -3.07. The smallest absolute Gasteiger partial charge is 0.416 e. The van der Waals surface area contributed by atoms with Crippen molar-refractivity contribution < 1.29 is 27.5 Å². The van der Waals surface area contributed by atoms with Crippen molar-refractivity contribution in [1.29, 1.82) is 0 Å². The summed E-state index contributed by atoms with van der Waals surface area (Å²) in [6.45, 7) is 1.48. The average molecular weight is 409 g/mol. The maximum Gasteiger partial charge on any atom is 0.416 e. The van der Waals surface area contributed by atoms with Gasteiger partial charge in [-0.2, -0.15) is 13.2 Å². The first-order valence-corrected chi connectivity index (χ1v) is 8.72. The summed E-state index contributed by atoms with van der Waals surface area (Å²) >= 11 is 0. The van der Waals surface area contributed by atoms with Gasteiger partial charge in [0, 0.05) is 11.4 Å². The van der Waals surface area contributed by atoms with E-state index >= 15 is 0 Å². The fourth-order valence-corrected chi connectivity index (χ4v) is 2.46. The molecule has 0 fully saturated rings. The molecular weight excluding hydrogens is 387 g/mol. The van der Waals surface area contributed by atoms with Gasteiger partial charge in [-0.1, -0.05) is 6.07 Å². The molecule has 2 aromatic carbocycles. The van der Waals surface area contributed by atoms with Crippen LogP contribution in [0.1, 0.15) is 12.5 Å². The summed E-state index contributed by atoms with van der Waals surface area (Å²) in [5.74, 6) is -0.208. The third-order valence-electron chi connectivity index (χ3n) is 4.26. The fraction of sp³-hybridized carbons (Fsp3) is 0.300. The lowest BCUT2D eigenvalue weighted by Gasteiger charge is -2.23. The standard InChI is InChI=1S/C20H22F3N3O3/c1-13(19(28)25-16-6-4-5-14(11-16)20(21,22)23)26(2)12-18(27)24-15-7-9-17(29-3)10-8-15/h4-11,13H,12H2,1-3H3,(H,24,27)(H,25,28)/t13-/m1/s1. The van der Waals surface area contributed by atoms with Crippen LogP contribution in [0.4, 0.5) is 24.5 Å². The summed E-state index contributed by atoms with van der Waals surface area (Å²) in [5, 5.41) is 5.14. The number of halogens is 3. The highest BCUT2D eigenvalue weighted by Crippen LogP contribution is 2.30. The quantitative estimate of drug-likeness (QED) is 0.733. The molecule has 1 atom stereocenters. The van der Waals surface area contributed by atoms with Crippen LogP contribution in [0.15, 0.2) is 48.5 Å². The molecular formula is C20H22F3N3O3. The minimum Gasteiger partial charge on any atom is -0.497 e. The summed E-state index contributed by atoms with van der Waals surface area (Å²) < 4.78 is 43.4. The number of ether oxygens (including phenoxy) is 1. The number of rotatable bonds is 7. The lowest BCUT2D eigenvalue weighted by Crippen LogP contribution is -2.43. The molecule has 0 aliphatic rings. The average Bonchev–Trinajstić information content (AvgIpc) is 2.67. The zero-order chi connectivity index (χ0) is 21.6. The Morgan fingerprint density at radius 2 is 1.72 bits per heavy atom. The van der Waals surface area contributed by atoms with Crippen LogP contribution >= 0.6 is 0 Å². The van der Waals surface area contributed by atoms with Crippen LogP contribution in [-0.2, 0) is 15.8 Å². The SMILES string of the molecule is COc1ccc(NC(=O)CN(C)[C@H](C)C(=O)Nc2cccc(C(F)(F)F)c2)cc1. The molecule has 2 amide bonds. The summed E-state index contributed by atoms with van der Waals surface area (Å²) in [5.41, 5.74) is -0.242. The number of methoxy groups -OCH3 is 1. The summed E-state index contributed by atoms with van der Waals surface area (Å²) in [6.07, 6.45) is -4.50. The van der Waals surface area contributed by atoms with Crippen molar-refractivity contribution in [1.82, 2.24) is 4.90 Å². The van der Waals surface area contributed by atoms with Gasteiger partial charge in [0.2, 0.25) is 11.8 Å². The van der Waals surface area contributed by atoms with Gasteiger partial charge in [0.1, 0.15) is 5.75 Å². The maximum absolute atomic E-state index is 12.8. The van der Waals surface area contributed by atoms with Gasteiger partial charge >= 0.3 is 6.18 Å². The number of nitrogens with one attached hydrogen (secondary N) is 2. The summed E-state index contributed by atoms with van der Waals surface area (Å²) in [6, 6.07) is 10.4. The fourth-order valence-electron chi connectivity index (χ4n) is 2.46. The van der Waals surface area contributed by atoms with E-state index in [1.807, 2.05) is 0 Å². The number of carbonyl (C=O) groups is 2. The number of hydrogen-bond donors (Lipinski definition) is 2. The molecule has 0 bridgehead atoms. The first kappa shape index (κ1) is 22.2. The van der Waals surface area contributed by atoms with E-state index in [0.717, 1.165) is 12.1 Å². The second-order valence-electron chi connectivity index (χ2n) is 6.44. The van der Waals surface area contributed by atoms with Crippen LogP contribution in [-0.4, -0.2) is 43.5 Å². The van der Waals surface area contributed by atoms with E-state index in [1.165, 1.54) is 24.1 Å². The zero-order valence-corrected chi connectivity index (χ0v) is 16.2. The van der Waals surface area contributed by atoms with E-state index in [1.54, 1.807) is 38.2 Å². The van der Waals surface area contributed by atoms with Crippen molar-refractivity contribution in [3.05, 3.63) is 54.1 Å². The molecule has 0 aliphatic heterocycles. The zero-order valence-electron chi connectivity index (χ0n) is 16.2. The van der Waals surface area contributed by atoms with E-state index in [2.05, 4.69) is 10.6 Å². The Bertz CT molecular complexity index is 854. The molecule has 0 unspecified atom stereocenters. The van der Waals surface area contributed by atoms with Gasteiger partial charge in [-0.15, -0.1) is 0 Å². The van der Waals surface area contributed by atoms with Crippen LogP contribution in [0.25, 0.3) is 0 Å². The van der Waals surface area contributed by atoms with Crippen LogP contribution in [0.5, 0.6) is 5.75 Å². The van der Waals surface area contributed by atoms with Crippen molar-refractivity contribution in [2.24, 2.45) is 0 Å². The predicted octanol–water partition coefficient (Wildman–Crippen LogP) is 3.61. The molecule has 6 nitrogen and oxygen atoms in total. The minimum absolute atomic E-state index is 0.0350. The number of amides is 2. The topological polar surface area (TPSA) is 70.7 Å². The molecule has 0 aromatic heterocycles. The molecule has 0 radical (unpaired) electrons. The second kappa shape index (κ2) is 9.42. The van der Waals surface area contributed by atoms with Gasteiger partial charge in [-0.3, -0.25) is 14.5 Å². The molecule has 0 heterocycles. The highest BCUT2D eigenvalue weighted by atomic mass is 19.4. The van der Waals surface area contributed by atoms with Gasteiger partial charge < -0.3 is 15.4 Å². The summed E-state index contributed by atoms with van der Waals surface area (Å²) in [4.78, 5) is 26.0. The molecule has 0 aliphatic carbocycles. The molecule has 2 rings (SSSR count). The third kappa shape index (κ3) is 6.49. The molecule has 2 N–H and O–H groups in total. The predicted molar refractivity (Wildman–Crippen MR) is 104 cm³/mol. The lowest BCUT2D eigenvalue weighted by atomic mass is 10.2. The molecule has 0 saturated carbocycles. The van der Waals surface area contributed by atoms with E-state index in [0.29, 0.717) is 11.4 Å². The number of alkyl halides is 3.